The number of amides is 3. The molecule has 0 radical (unpaired) electrons. The summed E-state index contributed by atoms with van der Waals surface area (Å²) < 4.78 is 0. The van der Waals surface area contributed by atoms with Crippen LogP contribution >= 0.6 is 0 Å². The van der Waals surface area contributed by atoms with Crippen LogP contribution in [0.3, 0.4) is 0 Å². The van der Waals surface area contributed by atoms with Crippen LogP contribution in [0.4, 0.5) is 10.5 Å². The van der Waals surface area contributed by atoms with Crippen molar-refractivity contribution in [3.05, 3.63) is 29.8 Å². The molecule has 5 heteroatoms. The van der Waals surface area contributed by atoms with Crippen molar-refractivity contribution in [1.29, 1.82) is 0 Å². The van der Waals surface area contributed by atoms with Crippen molar-refractivity contribution in [1.82, 2.24) is 5.32 Å². The zero-order valence-electron chi connectivity index (χ0n) is 13.1. The van der Waals surface area contributed by atoms with Crippen LogP contribution < -0.4 is 16.4 Å². The second kappa shape index (κ2) is 7.67. The van der Waals surface area contributed by atoms with Gasteiger partial charge in [0.25, 0.3) is 0 Å². The second-order valence-electron chi connectivity index (χ2n) is 5.64. The van der Waals surface area contributed by atoms with Crippen molar-refractivity contribution in [2.45, 2.75) is 46.1 Å². The van der Waals surface area contributed by atoms with E-state index in [1.807, 2.05) is 38.1 Å². The largest absolute Gasteiger partial charge is 0.352 e. The van der Waals surface area contributed by atoms with Gasteiger partial charge >= 0.3 is 6.03 Å². The highest BCUT2D eigenvalue weighted by Crippen LogP contribution is 2.18. The van der Waals surface area contributed by atoms with E-state index < -0.39 is 12.1 Å². The molecule has 0 fully saturated rings. The summed E-state index contributed by atoms with van der Waals surface area (Å²) in [4.78, 5) is 23.3. The highest BCUT2D eigenvalue weighted by Gasteiger charge is 2.25. The van der Waals surface area contributed by atoms with Gasteiger partial charge in [0.15, 0.2) is 0 Å². The number of anilines is 1. The normalized spacial score (nSPS) is 13.6. The lowest BCUT2D eigenvalue weighted by molar-refractivity contribution is -0.119. The highest BCUT2D eigenvalue weighted by atomic mass is 16.2. The van der Waals surface area contributed by atoms with Gasteiger partial charge in [0, 0.05) is 5.69 Å². The summed E-state index contributed by atoms with van der Waals surface area (Å²) in [5.41, 5.74) is 7.06. The molecule has 1 aromatic rings. The predicted molar refractivity (Wildman–Crippen MR) is 85.1 cm³/mol. The molecule has 5 nitrogen and oxygen atoms in total. The number of urea groups is 1. The number of carbonyl (C=O) groups is 2. The number of benzene rings is 1. The molecule has 2 atom stereocenters. The molecular weight excluding hydrogens is 266 g/mol. The van der Waals surface area contributed by atoms with Gasteiger partial charge in [-0.25, -0.2) is 4.79 Å². The van der Waals surface area contributed by atoms with Crippen molar-refractivity contribution >= 4 is 17.6 Å². The van der Waals surface area contributed by atoms with Gasteiger partial charge in [0.1, 0.15) is 6.04 Å². The molecule has 0 aliphatic heterocycles. The Balaban J connectivity index is 2.78. The molecule has 0 saturated heterocycles. The molecule has 4 N–H and O–H groups in total. The molecule has 116 valence electrons. The van der Waals surface area contributed by atoms with E-state index in [1.165, 1.54) is 5.56 Å². The van der Waals surface area contributed by atoms with Crippen LogP contribution in [0.1, 0.15) is 45.6 Å². The zero-order valence-corrected chi connectivity index (χ0v) is 13.1. The summed E-state index contributed by atoms with van der Waals surface area (Å²) >= 11 is 0. The van der Waals surface area contributed by atoms with Crippen molar-refractivity contribution < 1.29 is 9.59 Å². The molecule has 0 aliphatic carbocycles. The minimum atomic E-state index is -0.689. The predicted octanol–water partition coefficient (Wildman–Crippen LogP) is 2.83. The van der Waals surface area contributed by atoms with Gasteiger partial charge in [0.2, 0.25) is 5.91 Å². The van der Waals surface area contributed by atoms with Crippen LogP contribution in [0.5, 0.6) is 0 Å². The maximum Gasteiger partial charge on any atom is 0.312 e. The molecule has 0 bridgehead atoms. The number of hydrogen-bond donors (Lipinski definition) is 3. The van der Waals surface area contributed by atoms with Crippen LogP contribution in [0.2, 0.25) is 0 Å². The molecule has 1 aromatic carbocycles. The lowest BCUT2D eigenvalue weighted by Gasteiger charge is -2.22. The Bertz CT molecular complexity index is 483. The Kier molecular flexibility index (Phi) is 6.21. The van der Waals surface area contributed by atoms with Gasteiger partial charge in [0.05, 0.1) is 0 Å². The van der Waals surface area contributed by atoms with Crippen LogP contribution in [0, 0.1) is 5.92 Å². The van der Waals surface area contributed by atoms with Crippen LogP contribution in [0.25, 0.3) is 0 Å². The van der Waals surface area contributed by atoms with E-state index in [1.54, 1.807) is 0 Å². The van der Waals surface area contributed by atoms with E-state index in [9.17, 15) is 9.59 Å². The molecular formula is C16H25N3O2. The van der Waals surface area contributed by atoms with E-state index in [0.717, 1.165) is 6.42 Å². The van der Waals surface area contributed by atoms with E-state index in [0.29, 0.717) is 11.6 Å². The van der Waals surface area contributed by atoms with Crippen molar-refractivity contribution in [3.8, 4) is 0 Å². The van der Waals surface area contributed by atoms with E-state index in [4.69, 9.17) is 5.73 Å². The Morgan fingerprint density at radius 2 is 1.71 bits per heavy atom. The summed E-state index contributed by atoms with van der Waals surface area (Å²) in [5.74, 6) is 0.201. The van der Waals surface area contributed by atoms with Gasteiger partial charge in [-0.05, 0) is 29.5 Å². The topological polar surface area (TPSA) is 84.2 Å². The molecule has 0 saturated carbocycles. The number of carbonyl (C=O) groups excluding carboxylic acids is 2. The molecule has 3 amide bonds. The first-order chi connectivity index (χ1) is 9.85. The molecule has 1 rings (SSSR count). The summed E-state index contributed by atoms with van der Waals surface area (Å²) in [6.07, 6.45) is 0.769. The minimum absolute atomic E-state index is 0.00689. The van der Waals surface area contributed by atoms with Crippen LogP contribution in [0.15, 0.2) is 24.3 Å². The highest BCUT2D eigenvalue weighted by molar-refractivity contribution is 5.97. The van der Waals surface area contributed by atoms with Crippen LogP contribution in [-0.4, -0.2) is 18.0 Å². The molecule has 0 aromatic heterocycles. The minimum Gasteiger partial charge on any atom is -0.352 e. The first kappa shape index (κ1) is 17.0. The molecule has 0 aliphatic rings. The summed E-state index contributed by atoms with van der Waals surface area (Å²) in [7, 11) is 0. The second-order valence-corrected chi connectivity index (χ2v) is 5.64. The third-order valence-corrected chi connectivity index (χ3v) is 3.64. The number of nitrogens with one attached hydrogen (secondary N) is 2. The van der Waals surface area contributed by atoms with E-state index in [-0.39, 0.29) is 11.8 Å². The monoisotopic (exact) mass is 291 g/mol. The first-order valence-corrected chi connectivity index (χ1v) is 7.32. The number of primary amides is 1. The number of hydrogen-bond acceptors (Lipinski definition) is 2. The van der Waals surface area contributed by atoms with Gasteiger partial charge in [-0.3, -0.25) is 4.79 Å². The Morgan fingerprint density at radius 3 is 2.14 bits per heavy atom. The van der Waals surface area contributed by atoms with Gasteiger partial charge in [-0.15, -0.1) is 0 Å². The average Bonchev–Trinajstić information content (AvgIpc) is 2.44. The smallest absolute Gasteiger partial charge is 0.312 e. The number of nitrogens with two attached hydrogens (primary N) is 1. The molecule has 21 heavy (non-hydrogen) atoms. The van der Waals surface area contributed by atoms with E-state index >= 15 is 0 Å². The third-order valence-electron chi connectivity index (χ3n) is 3.64. The quantitative estimate of drug-likeness (QED) is 0.753. The Labute approximate surface area is 126 Å². The molecule has 0 spiro atoms. The summed E-state index contributed by atoms with van der Waals surface area (Å²) in [5, 5.41) is 5.33. The average molecular weight is 291 g/mol. The van der Waals surface area contributed by atoms with Gasteiger partial charge in [-0.1, -0.05) is 46.2 Å². The third kappa shape index (κ3) is 5.10. The van der Waals surface area contributed by atoms with Crippen molar-refractivity contribution in [2.24, 2.45) is 11.7 Å². The van der Waals surface area contributed by atoms with E-state index in [2.05, 4.69) is 24.5 Å². The fourth-order valence-corrected chi connectivity index (χ4v) is 2.03. The number of rotatable bonds is 6. The van der Waals surface area contributed by atoms with Crippen molar-refractivity contribution in [3.63, 3.8) is 0 Å². The maximum absolute atomic E-state index is 12.3. The van der Waals surface area contributed by atoms with Crippen LogP contribution in [-0.2, 0) is 4.79 Å². The summed E-state index contributed by atoms with van der Waals surface area (Å²) in [6, 6.07) is 6.39. The zero-order chi connectivity index (χ0) is 16.0. The Morgan fingerprint density at radius 1 is 1.14 bits per heavy atom. The van der Waals surface area contributed by atoms with Crippen molar-refractivity contribution in [2.75, 3.05) is 5.32 Å². The standard InChI is InChI=1S/C16H25N3O2/c1-5-11(4)14(19-16(17)21)15(20)18-13-8-6-12(7-9-13)10(2)3/h6-11,14H,5H2,1-4H3,(H,18,20)(H3,17,19,21)/t11-,14-/m1/s1. The van der Waals surface area contributed by atoms with Gasteiger partial charge in [-0.2, -0.15) is 0 Å². The SMILES string of the molecule is CC[C@@H](C)[C@@H](NC(N)=O)C(=O)Nc1ccc(C(C)C)cc1. The Hall–Kier alpha value is -2.04. The summed E-state index contributed by atoms with van der Waals surface area (Å²) in [6.45, 7) is 8.10. The lowest BCUT2D eigenvalue weighted by atomic mass is 9.98. The fraction of sp³-hybridized carbons (Fsp3) is 0.500. The molecule has 0 heterocycles. The maximum atomic E-state index is 12.3. The van der Waals surface area contributed by atoms with Gasteiger partial charge < -0.3 is 16.4 Å². The fourth-order valence-electron chi connectivity index (χ4n) is 2.03. The molecule has 0 unspecified atom stereocenters. The first-order valence-electron chi connectivity index (χ1n) is 7.32. The lowest BCUT2D eigenvalue weighted by Crippen LogP contribution is -2.49.